The van der Waals surface area contributed by atoms with E-state index in [1.807, 2.05) is 24.3 Å². The molecule has 5 nitrogen and oxygen atoms in total. The summed E-state index contributed by atoms with van der Waals surface area (Å²) in [6.45, 7) is 1.76. The highest BCUT2D eigenvalue weighted by atomic mass is 16.5. The molecule has 2 heterocycles. The first kappa shape index (κ1) is 11.4. The van der Waals surface area contributed by atoms with Gasteiger partial charge in [0.2, 0.25) is 0 Å². The molecule has 2 N–H and O–H groups in total. The third kappa shape index (κ3) is 2.02. The van der Waals surface area contributed by atoms with Crippen LogP contribution in [0.4, 0.5) is 5.82 Å². The van der Waals surface area contributed by atoms with E-state index in [0.717, 1.165) is 29.8 Å². The highest BCUT2D eigenvalue weighted by Crippen LogP contribution is 2.20. The van der Waals surface area contributed by atoms with E-state index in [1.54, 1.807) is 13.4 Å². The van der Waals surface area contributed by atoms with E-state index in [0.29, 0.717) is 0 Å². The van der Waals surface area contributed by atoms with Crippen molar-refractivity contribution in [2.24, 2.45) is 0 Å². The Labute approximate surface area is 106 Å². The first-order valence-corrected chi connectivity index (χ1v) is 6.08. The summed E-state index contributed by atoms with van der Waals surface area (Å²) in [4.78, 5) is 8.59. The van der Waals surface area contributed by atoms with Gasteiger partial charge >= 0.3 is 0 Å². The number of anilines is 1. The molecule has 1 aromatic carbocycles. The Balaban J connectivity index is 1.90. The predicted octanol–water partition coefficient (Wildman–Crippen LogP) is 1.03. The third-order valence-electron chi connectivity index (χ3n) is 3.33. The van der Waals surface area contributed by atoms with Crippen molar-refractivity contribution in [3.8, 4) is 0 Å². The summed E-state index contributed by atoms with van der Waals surface area (Å²) in [6.07, 6.45) is 1.77. The fourth-order valence-electron chi connectivity index (χ4n) is 2.34. The maximum atomic E-state index is 5.44. The van der Waals surface area contributed by atoms with Crippen LogP contribution in [0.5, 0.6) is 0 Å². The lowest BCUT2D eigenvalue weighted by Crippen LogP contribution is -2.33. The number of para-hydroxylation sites is 1. The van der Waals surface area contributed by atoms with Crippen LogP contribution >= 0.6 is 0 Å². The van der Waals surface area contributed by atoms with Crippen LogP contribution in [0, 0.1) is 0 Å². The van der Waals surface area contributed by atoms with Gasteiger partial charge < -0.3 is 15.4 Å². The molecule has 0 radical (unpaired) electrons. The molecule has 0 amide bonds. The van der Waals surface area contributed by atoms with Crippen molar-refractivity contribution in [2.75, 3.05) is 25.5 Å². The predicted molar refractivity (Wildman–Crippen MR) is 70.6 cm³/mol. The molecule has 1 aromatic heterocycles. The molecule has 2 atom stereocenters. The molecule has 1 saturated heterocycles. The Morgan fingerprint density at radius 3 is 3.06 bits per heavy atom. The normalized spacial score (nSPS) is 23.4. The zero-order valence-electron chi connectivity index (χ0n) is 10.3. The molecule has 1 aliphatic heterocycles. The molecular weight excluding hydrogens is 228 g/mol. The first-order chi connectivity index (χ1) is 8.88. The maximum Gasteiger partial charge on any atom is 0.137 e. The van der Waals surface area contributed by atoms with Crippen LogP contribution in [-0.4, -0.2) is 42.3 Å². The van der Waals surface area contributed by atoms with Crippen molar-refractivity contribution in [1.29, 1.82) is 0 Å². The first-order valence-electron chi connectivity index (χ1n) is 6.08. The molecule has 1 fully saturated rings. The van der Waals surface area contributed by atoms with Crippen LogP contribution in [0.25, 0.3) is 10.9 Å². The van der Waals surface area contributed by atoms with Gasteiger partial charge in [0.05, 0.1) is 17.7 Å². The number of methoxy groups -OCH3 is 1. The number of aromatic nitrogens is 2. The summed E-state index contributed by atoms with van der Waals surface area (Å²) in [5.41, 5.74) is 0.954. The molecule has 18 heavy (non-hydrogen) atoms. The molecule has 2 aromatic rings. The Morgan fingerprint density at radius 2 is 2.17 bits per heavy atom. The quantitative estimate of drug-likeness (QED) is 0.844. The molecule has 5 heteroatoms. The van der Waals surface area contributed by atoms with Gasteiger partial charge in [-0.05, 0) is 12.1 Å². The number of hydrogen-bond acceptors (Lipinski definition) is 5. The van der Waals surface area contributed by atoms with Crippen molar-refractivity contribution >= 4 is 16.7 Å². The fourth-order valence-corrected chi connectivity index (χ4v) is 2.34. The standard InChI is InChI=1S/C13H16N4O/c1-18-12-7-14-6-11(12)17-13-9-4-2-3-5-10(9)15-8-16-13/h2-5,8,11-12,14H,6-7H2,1H3,(H,15,16,17)/t11?,12-/m1/s1. The summed E-state index contributed by atoms with van der Waals surface area (Å²) in [6, 6.07) is 8.24. The van der Waals surface area contributed by atoms with Crippen LogP contribution in [0.15, 0.2) is 30.6 Å². The minimum atomic E-state index is 0.179. The Morgan fingerprint density at radius 1 is 1.28 bits per heavy atom. The van der Waals surface area contributed by atoms with Crippen LogP contribution in [0.1, 0.15) is 0 Å². The zero-order chi connectivity index (χ0) is 12.4. The number of fused-ring (bicyclic) bond motifs is 1. The number of benzene rings is 1. The molecule has 1 unspecified atom stereocenters. The minimum absolute atomic E-state index is 0.179. The van der Waals surface area contributed by atoms with Gasteiger partial charge in [-0.3, -0.25) is 0 Å². The van der Waals surface area contributed by atoms with E-state index in [2.05, 4.69) is 20.6 Å². The second-order valence-electron chi connectivity index (χ2n) is 4.42. The largest absolute Gasteiger partial charge is 0.378 e. The minimum Gasteiger partial charge on any atom is -0.378 e. The molecular formula is C13H16N4O. The SMILES string of the molecule is CO[C@@H]1CNCC1Nc1ncnc2ccccc12. The van der Waals surface area contributed by atoms with E-state index < -0.39 is 0 Å². The Hall–Kier alpha value is -1.72. The summed E-state index contributed by atoms with van der Waals surface area (Å²) < 4.78 is 5.44. The molecule has 0 aliphatic carbocycles. The highest BCUT2D eigenvalue weighted by Gasteiger charge is 2.27. The summed E-state index contributed by atoms with van der Waals surface area (Å²) in [7, 11) is 1.74. The molecule has 0 spiro atoms. The van der Waals surface area contributed by atoms with Crippen LogP contribution in [0.2, 0.25) is 0 Å². The van der Waals surface area contributed by atoms with Gasteiger partial charge in [0.1, 0.15) is 12.1 Å². The van der Waals surface area contributed by atoms with Crippen molar-refractivity contribution in [2.45, 2.75) is 12.1 Å². The second-order valence-corrected chi connectivity index (χ2v) is 4.42. The Kier molecular flexibility index (Phi) is 3.08. The number of nitrogens with one attached hydrogen (secondary N) is 2. The average molecular weight is 244 g/mol. The van der Waals surface area contributed by atoms with E-state index in [-0.39, 0.29) is 12.1 Å². The van der Waals surface area contributed by atoms with E-state index in [9.17, 15) is 0 Å². The lowest BCUT2D eigenvalue weighted by atomic mass is 10.2. The van der Waals surface area contributed by atoms with Crippen LogP contribution < -0.4 is 10.6 Å². The molecule has 3 rings (SSSR count). The van der Waals surface area contributed by atoms with Crippen molar-refractivity contribution in [3.63, 3.8) is 0 Å². The van der Waals surface area contributed by atoms with Gasteiger partial charge in [-0.2, -0.15) is 0 Å². The van der Waals surface area contributed by atoms with Gasteiger partial charge in [0.25, 0.3) is 0 Å². The number of ether oxygens (including phenoxy) is 1. The summed E-state index contributed by atoms with van der Waals surface area (Å²) in [5.74, 6) is 0.872. The molecule has 0 saturated carbocycles. The number of hydrogen-bond donors (Lipinski definition) is 2. The highest BCUT2D eigenvalue weighted by molar-refractivity contribution is 5.88. The van der Waals surface area contributed by atoms with Gasteiger partial charge in [-0.1, -0.05) is 12.1 Å². The van der Waals surface area contributed by atoms with Gasteiger partial charge in [-0.15, -0.1) is 0 Å². The summed E-state index contributed by atoms with van der Waals surface area (Å²) >= 11 is 0. The second kappa shape index (κ2) is 4.88. The summed E-state index contributed by atoms with van der Waals surface area (Å²) in [5, 5.41) is 7.80. The van der Waals surface area contributed by atoms with E-state index >= 15 is 0 Å². The molecule has 0 bridgehead atoms. The average Bonchev–Trinajstić information content (AvgIpc) is 2.86. The fraction of sp³-hybridized carbons (Fsp3) is 0.385. The van der Waals surface area contributed by atoms with Crippen molar-refractivity contribution in [3.05, 3.63) is 30.6 Å². The van der Waals surface area contributed by atoms with Crippen molar-refractivity contribution < 1.29 is 4.74 Å². The van der Waals surface area contributed by atoms with Crippen LogP contribution in [0.3, 0.4) is 0 Å². The smallest absolute Gasteiger partial charge is 0.137 e. The lowest BCUT2D eigenvalue weighted by Gasteiger charge is -2.19. The van der Waals surface area contributed by atoms with Crippen molar-refractivity contribution in [1.82, 2.24) is 15.3 Å². The number of rotatable bonds is 3. The van der Waals surface area contributed by atoms with E-state index in [4.69, 9.17) is 4.74 Å². The molecule has 94 valence electrons. The van der Waals surface area contributed by atoms with Gasteiger partial charge in [-0.25, -0.2) is 9.97 Å². The Bertz CT molecular complexity index is 540. The topological polar surface area (TPSA) is 59.1 Å². The third-order valence-corrected chi connectivity index (χ3v) is 3.33. The van der Waals surface area contributed by atoms with Crippen LogP contribution in [-0.2, 0) is 4.74 Å². The monoisotopic (exact) mass is 244 g/mol. The lowest BCUT2D eigenvalue weighted by molar-refractivity contribution is 0.111. The van der Waals surface area contributed by atoms with E-state index in [1.165, 1.54) is 0 Å². The molecule has 1 aliphatic rings. The van der Waals surface area contributed by atoms with Gasteiger partial charge in [0.15, 0.2) is 0 Å². The number of nitrogens with zero attached hydrogens (tertiary/aromatic N) is 2. The zero-order valence-corrected chi connectivity index (χ0v) is 10.3. The maximum absolute atomic E-state index is 5.44. The van der Waals surface area contributed by atoms with Gasteiger partial charge in [0, 0.05) is 25.6 Å².